The molecule has 0 aliphatic rings. The van der Waals surface area contributed by atoms with Crippen LogP contribution in [0, 0.1) is 0 Å². The van der Waals surface area contributed by atoms with Crippen LogP contribution in [0.3, 0.4) is 0 Å². The first-order valence-electron chi connectivity index (χ1n) is 7.92. The highest BCUT2D eigenvalue weighted by Gasteiger charge is 2.18. The molecule has 1 amide bonds. The molecule has 26 heavy (non-hydrogen) atoms. The lowest BCUT2D eigenvalue weighted by Crippen LogP contribution is -2.29. The number of carbonyl (C=O) groups excluding carboxylic acids is 1. The average Bonchev–Trinajstić information content (AvgIpc) is 2.72. The molecule has 1 atom stereocenters. The standard InChI is InChI=1S/C19H18N4O2S/c1-25-16-5-3-13(4-6-16)17(14-7-9-20-10-8-14)23-18(24)15-11-21-19(26-2)22-12-15/h3-12,17H,1-2H3,(H,23,24)/t17-/m0/s1. The van der Waals surface area contributed by atoms with Gasteiger partial charge in [0.25, 0.3) is 5.91 Å². The van der Waals surface area contributed by atoms with Crippen molar-refractivity contribution in [1.29, 1.82) is 0 Å². The molecule has 0 aliphatic carbocycles. The van der Waals surface area contributed by atoms with E-state index in [1.54, 1.807) is 19.5 Å². The number of amides is 1. The zero-order valence-corrected chi connectivity index (χ0v) is 15.2. The zero-order chi connectivity index (χ0) is 18.4. The number of hydrogen-bond donors (Lipinski definition) is 1. The molecule has 3 rings (SSSR count). The van der Waals surface area contributed by atoms with Gasteiger partial charge in [-0.15, -0.1) is 0 Å². The normalized spacial score (nSPS) is 11.6. The number of carbonyl (C=O) groups is 1. The Morgan fingerprint density at radius 1 is 1.04 bits per heavy atom. The minimum absolute atomic E-state index is 0.240. The van der Waals surface area contributed by atoms with Crippen LogP contribution in [-0.4, -0.2) is 34.2 Å². The summed E-state index contributed by atoms with van der Waals surface area (Å²) in [7, 11) is 1.62. The van der Waals surface area contributed by atoms with E-state index < -0.39 is 0 Å². The van der Waals surface area contributed by atoms with Gasteiger partial charge in [0.15, 0.2) is 5.16 Å². The number of nitrogens with zero attached hydrogens (tertiary/aromatic N) is 3. The van der Waals surface area contributed by atoms with E-state index in [0.29, 0.717) is 10.7 Å². The van der Waals surface area contributed by atoms with Crippen LogP contribution in [0.1, 0.15) is 27.5 Å². The van der Waals surface area contributed by atoms with Gasteiger partial charge in [0.1, 0.15) is 5.75 Å². The number of pyridine rings is 1. The number of ether oxygens (including phenoxy) is 1. The third kappa shape index (κ3) is 4.18. The highest BCUT2D eigenvalue weighted by molar-refractivity contribution is 7.98. The van der Waals surface area contributed by atoms with Gasteiger partial charge in [0, 0.05) is 24.8 Å². The molecule has 1 N–H and O–H groups in total. The van der Waals surface area contributed by atoms with Gasteiger partial charge < -0.3 is 10.1 Å². The van der Waals surface area contributed by atoms with Crippen molar-refractivity contribution in [2.24, 2.45) is 0 Å². The van der Waals surface area contributed by atoms with Gasteiger partial charge in [-0.05, 0) is 41.6 Å². The Balaban J connectivity index is 1.88. The second-order valence-electron chi connectivity index (χ2n) is 5.42. The molecular formula is C19H18N4O2S. The van der Waals surface area contributed by atoms with E-state index >= 15 is 0 Å². The molecule has 7 heteroatoms. The van der Waals surface area contributed by atoms with E-state index in [0.717, 1.165) is 16.9 Å². The topological polar surface area (TPSA) is 77.0 Å². The number of aromatic nitrogens is 3. The second kappa shape index (κ2) is 8.44. The van der Waals surface area contributed by atoms with Gasteiger partial charge >= 0.3 is 0 Å². The van der Waals surface area contributed by atoms with Crippen molar-refractivity contribution in [3.05, 3.63) is 77.9 Å². The average molecular weight is 366 g/mol. The fourth-order valence-electron chi connectivity index (χ4n) is 2.46. The van der Waals surface area contributed by atoms with Gasteiger partial charge in [0.05, 0.1) is 18.7 Å². The predicted octanol–water partition coefficient (Wildman–Crippen LogP) is 3.12. The van der Waals surface area contributed by atoms with E-state index in [1.807, 2.05) is 42.7 Å². The summed E-state index contributed by atoms with van der Waals surface area (Å²) in [5.41, 5.74) is 2.28. The van der Waals surface area contributed by atoms with E-state index in [-0.39, 0.29) is 11.9 Å². The smallest absolute Gasteiger partial charge is 0.255 e. The second-order valence-corrected chi connectivity index (χ2v) is 6.19. The van der Waals surface area contributed by atoms with Gasteiger partial charge in [-0.3, -0.25) is 9.78 Å². The Hall–Kier alpha value is -2.93. The summed E-state index contributed by atoms with van der Waals surface area (Å²) in [5.74, 6) is 0.518. The number of methoxy groups -OCH3 is 1. The van der Waals surface area contributed by atoms with Crippen molar-refractivity contribution in [2.75, 3.05) is 13.4 Å². The molecule has 2 aromatic heterocycles. The minimum Gasteiger partial charge on any atom is -0.497 e. The SMILES string of the molecule is COc1ccc([C@H](NC(=O)c2cnc(SC)nc2)c2ccncc2)cc1. The zero-order valence-electron chi connectivity index (χ0n) is 14.4. The predicted molar refractivity (Wildman–Crippen MR) is 100 cm³/mol. The van der Waals surface area contributed by atoms with Gasteiger partial charge in [-0.1, -0.05) is 23.9 Å². The van der Waals surface area contributed by atoms with E-state index in [9.17, 15) is 4.79 Å². The molecular weight excluding hydrogens is 348 g/mol. The maximum absolute atomic E-state index is 12.7. The molecule has 132 valence electrons. The Morgan fingerprint density at radius 2 is 1.65 bits per heavy atom. The third-order valence-electron chi connectivity index (χ3n) is 3.84. The first-order valence-corrected chi connectivity index (χ1v) is 9.14. The lowest BCUT2D eigenvalue weighted by Gasteiger charge is -2.20. The van der Waals surface area contributed by atoms with Crippen LogP contribution in [0.2, 0.25) is 0 Å². The number of benzene rings is 1. The molecule has 1 aromatic carbocycles. The lowest BCUT2D eigenvalue weighted by atomic mass is 9.99. The Bertz CT molecular complexity index is 855. The van der Waals surface area contributed by atoms with Crippen LogP contribution in [0.5, 0.6) is 5.75 Å². The molecule has 6 nitrogen and oxygen atoms in total. The lowest BCUT2D eigenvalue weighted by molar-refractivity contribution is 0.0942. The quantitative estimate of drug-likeness (QED) is 0.533. The molecule has 0 spiro atoms. The molecule has 3 aromatic rings. The fourth-order valence-corrected chi connectivity index (χ4v) is 2.78. The molecule has 0 aliphatic heterocycles. The summed E-state index contributed by atoms with van der Waals surface area (Å²) >= 11 is 1.43. The van der Waals surface area contributed by atoms with Crippen molar-refractivity contribution < 1.29 is 9.53 Å². The summed E-state index contributed by atoms with van der Waals surface area (Å²) in [4.78, 5) is 25.1. The van der Waals surface area contributed by atoms with E-state index in [4.69, 9.17) is 4.74 Å². The summed E-state index contributed by atoms with van der Waals surface area (Å²) < 4.78 is 5.21. The van der Waals surface area contributed by atoms with Crippen molar-refractivity contribution in [3.8, 4) is 5.75 Å². The molecule has 0 bridgehead atoms. The summed E-state index contributed by atoms with van der Waals surface area (Å²) in [5, 5.41) is 3.67. The van der Waals surface area contributed by atoms with Crippen molar-refractivity contribution in [2.45, 2.75) is 11.2 Å². The van der Waals surface area contributed by atoms with Crippen LogP contribution in [0.4, 0.5) is 0 Å². The van der Waals surface area contributed by atoms with E-state index in [2.05, 4.69) is 20.3 Å². The van der Waals surface area contributed by atoms with Crippen LogP contribution >= 0.6 is 11.8 Å². The van der Waals surface area contributed by atoms with Crippen molar-refractivity contribution in [1.82, 2.24) is 20.3 Å². The Labute approximate surface area is 156 Å². The monoisotopic (exact) mass is 366 g/mol. The Morgan fingerprint density at radius 3 is 2.23 bits per heavy atom. The summed E-state index contributed by atoms with van der Waals surface area (Å²) in [6, 6.07) is 11.0. The van der Waals surface area contributed by atoms with Crippen molar-refractivity contribution >= 4 is 17.7 Å². The highest BCUT2D eigenvalue weighted by atomic mass is 32.2. The maximum Gasteiger partial charge on any atom is 0.255 e. The fraction of sp³-hybridized carbons (Fsp3) is 0.158. The highest BCUT2D eigenvalue weighted by Crippen LogP contribution is 2.24. The van der Waals surface area contributed by atoms with Crippen LogP contribution < -0.4 is 10.1 Å². The van der Waals surface area contributed by atoms with Crippen LogP contribution in [0.25, 0.3) is 0 Å². The van der Waals surface area contributed by atoms with Gasteiger partial charge in [-0.25, -0.2) is 9.97 Å². The molecule has 0 unspecified atom stereocenters. The summed E-state index contributed by atoms with van der Waals surface area (Å²) in [6.07, 6.45) is 8.36. The minimum atomic E-state index is -0.323. The van der Waals surface area contributed by atoms with Gasteiger partial charge in [0.2, 0.25) is 0 Å². The van der Waals surface area contributed by atoms with Crippen molar-refractivity contribution in [3.63, 3.8) is 0 Å². The molecule has 0 fully saturated rings. The maximum atomic E-state index is 12.7. The summed E-state index contributed by atoms with van der Waals surface area (Å²) in [6.45, 7) is 0. The molecule has 0 radical (unpaired) electrons. The number of rotatable bonds is 6. The van der Waals surface area contributed by atoms with Crippen LogP contribution in [-0.2, 0) is 0 Å². The van der Waals surface area contributed by atoms with Gasteiger partial charge in [-0.2, -0.15) is 0 Å². The number of hydrogen-bond acceptors (Lipinski definition) is 6. The Kier molecular flexibility index (Phi) is 5.80. The molecule has 0 saturated heterocycles. The first kappa shape index (κ1) is 17.9. The van der Waals surface area contributed by atoms with E-state index in [1.165, 1.54) is 24.2 Å². The third-order valence-corrected chi connectivity index (χ3v) is 4.41. The van der Waals surface area contributed by atoms with Crippen LogP contribution in [0.15, 0.2) is 66.3 Å². The molecule has 2 heterocycles. The first-order chi connectivity index (χ1) is 12.7. The largest absolute Gasteiger partial charge is 0.497 e. The number of nitrogens with one attached hydrogen (secondary N) is 1. The number of thioether (sulfide) groups is 1. The molecule has 0 saturated carbocycles.